The summed E-state index contributed by atoms with van der Waals surface area (Å²) in [7, 11) is 0. The van der Waals surface area contributed by atoms with Crippen molar-refractivity contribution in [3.63, 3.8) is 0 Å². The molecule has 0 aliphatic heterocycles. The minimum Gasteiger partial charge on any atom is -0.360 e. The number of carbonyl (C=O) groups excluding carboxylic acids is 1. The van der Waals surface area contributed by atoms with Crippen LogP contribution in [0.4, 0.5) is 0 Å². The van der Waals surface area contributed by atoms with Crippen LogP contribution in [0.15, 0.2) is 35.0 Å². The van der Waals surface area contributed by atoms with Gasteiger partial charge in [0.25, 0.3) is 5.91 Å². The second-order valence-corrected chi connectivity index (χ2v) is 4.86. The molecule has 0 spiro atoms. The third-order valence-corrected chi connectivity index (χ3v) is 3.67. The zero-order valence-electron chi connectivity index (χ0n) is 8.61. The molecular formula is C11H8ClIN2O2. The van der Waals surface area contributed by atoms with Gasteiger partial charge in [-0.25, -0.2) is 0 Å². The molecule has 1 aromatic heterocycles. The van der Waals surface area contributed by atoms with Crippen molar-refractivity contribution in [2.45, 2.75) is 6.54 Å². The van der Waals surface area contributed by atoms with Crippen LogP contribution in [0.2, 0.25) is 5.02 Å². The molecule has 0 unspecified atom stereocenters. The van der Waals surface area contributed by atoms with Crippen molar-refractivity contribution in [1.29, 1.82) is 0 Å². The lowest BCUT2D eigenvalue weighted by Crippen LogP contribution is -2.22. The molecular weight excluding hydrogens is 354 g/mol. The van der Waals surface area contributed by atoms with Crippen molar-refractivity contribution in [3.05, 3.63) is 50.4 Å². The topological polar surface area (TPSA) is 55.1 Å². The van der Waals surface area contributed by atoms with Gasteiger partial charge in [-0.2, -0.15) is 0 Å². The summed E-state index contributed by atoms with van der Waals surface area (Å²) in [5.41, 5.74) is 0.523. The number of hydrogen-bond acceptors (Lipinski definition) is 3. The highest BCUT2D eigenvalue weighted by atomic mass is 127. The second-order valence-electron chi connectivity index (χ2n) is 3.29. The number of nitrogens with one attached hydrogen (secondary N) is 1. The van der Waals surface area contributed by atoms with Gasteiger partial charge in [0, 0.05) is 15.2 Å². The summed E-state index contributed by atoms with van der Waals surface area (Å²) in [6, 6.07) is 6.86. The first kappa shape index (κ1) is 12.4. The van der Waals surface area contributed by atoms with Crippen LogP contribution in [0.25, 0.3) is 0 Å². The summed E-state index contributed by atoms with van der Waals surface area (Å²) >= 11 is 8.05. The lowest BCUT2D eigenvalue weighted by molar-refractivity contribution is 0.0947. The van der Waals surface area contributed by atoms with Crippen molar-refractivity contribution >= 4 is 40.1 Å². The minimum absolute atomic E-state index is 0.195. The van der Waals surface area contributed by atoms with Gasteiger partial charge in [-0.1, -0.05) is 16.8 Å². The molecule has 0 saturated carbocycles. The Hall–Kier alpha value is -1.08. The molecule has 1 amide bonds. The van der Waals surface area contributed by atoms with E-state index in [0.717, 1.165) is 3.57 Å². The van der Waals surface area contributed by atoms with Gasteiger partial charge < -0.3 is 9.84 Å². The third kappa shape index (κ3) is 3.19. The van der Waals surface area contributed by atoms with Crippen molar-refractivity contribution in [3.8, 4) is 0 Å². The number of rotatable bonds is 3. The number of halogens is 2. The molecule has 1 aromatic carbocycles. The molecule has 4 nitrogen and oxygen atoms in total. The van der Waals surface area contributed by atoms with Gasteiger partial charge in [-0.15, -0.1) is 0 Å². The molecule has 88 valence electrons. The Labute approximate surface area is 116 Å². The normalized spacial score (nSPS) is 10.2. The fraction of sp³-hybridized carbons (Fsp3) is 0.0909. The molecule has 6 heteroatoms. The second kappa shape index (κ2) is 5.50. The maximum atomic E-state index is 11.8. The Bertz CT molecular complexity index is 528. The molecule has 0 bridgehead atoms. The Morgan fingerprint density at radius 2 is 2.29 bits per heavy atom. The SMILES string of the molecule is O=C(NCc1ccno1)c1ccc(I)c(Cl)c1. The Kier molecular flexibility index (Phi) is 4.01. The smallest absolute Gasteiger partial charge is 0.251 e. The van der Waals surface area contributed by atoms with E-state index in [-0.39, 0.29) is 5.91 Å². The first-order valence-electron chi connectivity index (χ1n) is 4.79. The molecule has 1 N–H and O–H groups in total. The molecule has 17 heavy (non-hydrogen) atoms. The van der Waals surface area contributed by atoms with Crippen molar-refractivity contribution in [1.82, 2.24) is 10.5 Å². The van der Waals surface area contributed by atoms with E-state index in [1.807, 2.05) is 0 Å². The van der Waals surface area contributed by atoms with Crippen LogP contribution in [-0.4, -0.2) is 11.1 Å². The lowest BCUT2D eigenvalue weighted by Gasteiger charge is -2.04. The monoisotopic (exact) mass is 362 g/mol. The number of benzene rings is 1. The lowest BCUT2D eigenvalue weighted by atomic mass is 10.2. The van der Waals surface area contributed by atoms with Crippen molar-refractivity contribution in [2.24, 2.45) is 0 Å². The number of amides is 1. The van der Waals surface area contributed by atoms with E-state index in [9.17, 15) is 4.79 Å². The van der Waals surface area contributed by atoms with Gasteiger partial charge in [0.2, 0.25) is 0 Å². The van der Waals surface area contributed by atoms with Crippen LogP contribution in [0.3, 0.4) is 0 Å². The molecule has 0 saturated heterocycles. The average Bonchev–Trinajstić information content (AvgIpc) is 2.82. The fourth-order valence-corrected chi connectivity index (χ4v) is 1.76. The van der Waals surface area contributed by atoms with Gasteiger partial charge in [-0.05, 0) is 40.8 Å². The van der Waals surface area contributed by atoms with E-state index < -0.39 is 0 Å². The summed E-state index contributed by atoms with van der Waals surface area (Å²) < 4.78 is 5.78. The Morgan fingerprint density at radius 1 is 1.47 bits per heavy atom. The van der Waals surface area contributed by atoms with E-state index in [0.29, 0.717) is 22.9 Å². The zero-order valence-corrected chi connectivity index (χ0v) is 11.5. The summed E-state index contributed by atoms with van der Waals surface area (Å²) in [6.07, 6.45) is 1.53. The summed E-state index contributed by atoms with van der Waals surface area (Å²) in [6.45, 7) is 0.308. The Morgan fingerprint density at radius 3 is 2.94 bits per heavy atom. The minimum atomic E-state index is -0.195. The molecule has 0 atom stereocenters. The van der Waals surface area contributed by atoms with Crippen LogP contribution < -0.4 is 5.32 Å². The van der Waals surface area contributed by atoms with Gasteiger partial charge in [0.05, 0.1) is 17.8 Å². The summed E-state index contributed by atoms with van der Waals surface area (Å²) in [4.78, 5) is 11.8. The van der Waals surface area contributed by atoms with Crippen LogP contribution in [0.1, 0.15) is 16.1 Å². The number of carbonyl (C=O) groups is 1. The molecule has 0 radical (unpaired) electrons. The quantitative estimate of drug-likeness (QED) is 0.854. The van der Waals surface area contributed by atoms with E-state index in [2.05, 4.69) is 33.1 Å². The first-order valence-corrected chi connectivity index (χ1v) is 6.25. The Balaban J connectivity index is 2.02. The zero-order chi connectivity index (χ0) is 12.3. The number of hydrogen-bond donors (Lipinski definition) is 1. The predicted molar refractivity (Wildman–Crippen MR) is 71.8 cm³/mol. The molecule has 2 aromatic rings. The maximum absolute atomic E-state index is 11.8. The van der Waals surface area contributed by atoms with Crippen LogP contribution >= 0.6 is 34.2 Å². The molecule has 1 heterocycles. The molecule has 0 aliphatic carbocycles. The van der Waals surface area contributed by atoms with E-state index in [1.54, 1.807) is 24.3 Å². The highest BCUT2D eigenvalue weighted by molar-refractivity contribution is 14.1. The molecule has 0 aliphatic rings. The van der Waals surface area contributed by atoms with Crippen molar-refractivity contribution < 1.29 is 9.32 Å². The first-order chi connectivity index (χ1) is 8.16. The van der Waals surface area contributed by atoms with Crippen LogP contribution in [0.5, 0.6) is 0 Å². The number of nitrogens with zero attached hydrogens (tertiary/aromatic N) is 1. The van der Waals surface area contributed by atoms with E-state index in [1.165, 1.54) is 6.20 Å². The van der Waals surface area contributed by atoms with Gasteiger partial charge >= 0.3 is 0 Å². The average molecular weight is 363 g/mol. The van der Waals surface area contributed by atoms with E-state index >= 15 is 0 Å². The van der Waals surface area contributed by atoms with Crippen LogP contribution in [0, 0.1) is 3.57 Å². The summed E-state index contributed by atoms with van der Waals surface area (Å²) in [5.74, 6) is 0.412. The third-order valence-electron chi connectivity index (χ3n) is 2.10. The van der Waals surface area contributed by atoms with Gasteiger partial charge in [-0.3, -0.25) is 4.79 Å². The highest BCUT2D eigenvalue weighted by Crippen LogP contribution is 2.19. The predicted octanol–water partition coefficient (Wildman–Crippen LogP) is 2.86. The standard InChI is InChI=1S/C11H8ClIN2O2/c12-9-5-7(1-2-10(9)13)11(16)14-6-8-3-4-15-17-8/h1-5H,6H2,(H,14,16). The maximum Gasteiger partial charge on any atom is 0.251 e. The van der Waals surface area contributed by atoms with Crippen molar-refractivity contribution in [2.75, 3.05) is 0 Å². The van der Waals surface area contributed by atoms with Gasteiger partial charge in [0.15, 0.2) is 5.76 Å². The van der Waals surface area contributed by atoms with Gasteiger partial charge in [0.1, 0.15) is 0 Å². The van der Waals surface area contributed by atoms with E-state index in [4.69, 9.17) is 16.1 Å². The molecule has 0 fully saturated rings. The summed E-state index contributed by atoms with van der Waals surface area (Å²) in [5, 5.41) is 6.83. The highest BCUT2D eigenvalue weighted by Gasteiger charge is 2.08. The molecule has 2 rings (SSSR count). The number of aromatic nitrogens is 1. The van der Waals surface area contributed by atoms with Crippen LogP contribution in [-0.2, 0) is 6.54 Å². The largest absolute Gasteiger partial charge is 0.360 e. The fourth-order valence-electron chi connectivity index (χ4n) is 1.24.